The van der Waals surface area contributed by atoms with Crippen LogP contribution in [-0.2, 0) is 49.7 Å². The van der Waals surface area contributed by atoms with Crippen molar-refractivity contribution in [2.75, 3.05) is 53.5 Å². The highest BCUT2D eigenvalue weighted by molar-refractivity contribution is 6.82. The Labute approximate surface area is 559 Å². The van der Waals surface area contributed by atoms with E-state index in [1.54, 1.807) is 130 Å². The van der Waals surface area contributed by atoms with E-state index in [-0.39, 0.29) is 62.7 Å². The van der Waals surface area contributed by atoms with E-state index in [9.17, 15) is 19.2 Å². The molecule has 0 saturated heterocycles. The molecule has 7 aliphatic rings. The number of nitrogens with one attached hydrogen (secondary N) is 3. The Kier molecular flexibility index (Phi) is 5.49. The van der Waals surface area contributed by atoms with Gasteiger partial charge in [-0.05, 0) is 335 Å². The molecule has 0 atom stereocenters. The fourth-order valence-corrected chi connectivity index (χ4v) is 30.5. The van der Waals surface area contributed by atoms with Crippen molar-refractivity contribution >= 4 is 321 Å². The number of carbonyl (C=O) groups excluding carboxylic acids is 5. The number of nitrogens with zero attached hydrogens (tertiary/aromatic N) is 1. The van der Waals surface area contributed by atoms with Crippen molar-refractivity contribution in [3.8, 4) is 0 Å². The van der Waals surface area contributed by atoms with E-state index in [4.69, 9.17) is 9.47 Å². The first-order valence-electron chi connectivity index (χ1n) is 36.4. The summed E-state index contributed by atoms with van der Waals surface area (Å²) in [7, 11) is 2.69. The molecular weight excluding hydrogens is 1250 g/mol. The molecule has 0 heterocycles. The van der Waals surface area contributed by atoms with Gasteiger partial charge in [-0.15, -0.1) is 0 Å². The fraction of sp³-hybridized carbons (Fsp3) is 0.167. The van der Waals surface area contributed by atoms with Crippen molar-refractivity contribution in [1.29, 1.82) is 0 Å². The Balaban J connectivity index is 0.702. The van der Waals surface area contributed by atoms with E-state index in [0.717, 1.165) is 0 Å². The number of rotatable bonds is 14. The molecule has 7 aliphatic carbocycles. The molecule has 3 amide bonds. The molecule has 0 aromatic heterocycles. The molecule has 0 aliphatic heterocycles. The Morgan fingerprint density at radius 3 is 0.911 bits per heavy atom. The summed E-state index contributed by atoms with van der Waals surface area (Å²) in [4.78, 5) is 70.5. The van der Waals surface area contributed by atoms with Crippen LogP contribution in [0.15, 0.2) is 48.5 Å². The number of hydrogen-bond donors (Lipinski definition) is 3. The van der Waals surface area contributed by atoms with E-state index < -0.39 is 28.1 Å². The molecule has 0 radical (unpaired) electrons. The summed E-state index contributed by atoms with van der Waals surface area (Å²) < 4.78 is 9.76. The summed E-state index contributed by atoms with van der Waals surface area (Å²) in [6, 6.07) is 19.0. The number of esters is 2. The smallest absolute Gasteiger partial charge is 0.309 e. The number of hydrogen-bond acceptors (Lipinski definition) is 8. The van der Waals surface area contributed by atoms with Gasteiger partial charge in [0, 0.05) is 57.0 Å². The molecule has 458 valence electrons. The highest BCUT2D eigenvalue weighted by Crippen LogP contribution is 2.91. The SMILES string of the molecule is COC(=O)CCN(CCNC(=O)CCNC(=O)C(=O)NCC12c3ccccc3C(c3ccccc31)C13c4c5c6c7c8c9c(c%10c%11c1c1c4c4c%12c5c5c6c6c8c8c%13c9c9c%10c%10c%11c%11c1c1c4c4c%12c%12c5c5c6c8c6c8c%13c9c9c%10c%10c%11c1c1c4c4c%12c5c6c5c8c9c%10c1c45)C723)CCC(=O)OC. The predicted molar refractivity (Wildman–Crippen MR) is 403 cm³/mol. The third-order valence-corrected chi connectivity index (χ3v) is 31.7. The fourth-order valence-electron chi connectivity index (χ4n) is 30.5. The molecule has 0 fully saturated rings. The maximum absolute atomic E-state index is 15.7. The number of ether oxygens (including phenoxy) is 2. The molecule has 30 aromatic rings. The summed E-state index contributed by atoms with van der Waals surface area (Å²) in [5.74, 6) is -2.64. The van der Waals surface area contributed by atoms with Crippen LogP contribution in [-0.4, -0.2) is 88.0 Å². The van der Waals surface area contributed by atoms with E-state index in [2.05, 4.69) is 64.5 Å². The second-order valence-corrected chi connectivity index (χ2v) is 33.4. The quantitative estimate of drug-likeness (QED) is 0.0555. The summed E-state index contributed by atoms with van der Waals surface area (Å²) in [5.41, 5.74) is 8.67. The zero-order valence-corrected chi connectivity index (χ0v) is 53.4. The van der Waals surface area contributed by atoms with Crippen LogP contribution < -0.4 is 16.0 Å². The maximum Gasteiger partial charge on any atom is 0.309 e. The van der Waals surface area contributed by atoms with Gasteiger partial charge in [-0.1, -0.05) is 48.5 Å². The molecule has 101 heavy (non-hydrogen) atoms. The normalized spacial score (nSPS) is 21.2. The first-order valence-corrected chi connectivity index (χ1v) is 36.4. The number of carbonyl (C=O) groups is 5. The van der Waals surface area contributed by atoms with Gasteiger partial charge in [0.05, 0.1) is 37.9 Å². The van der Waals surface area contributed by atoms with Crippen LogP contribution in [0.5, 0.6) is 0 Å². The van der Waals surface area contributed by atoms with Gasteiger partial charge < -0.3 is 30.3 Å². The highest BCUT2D eigenvalue weighted by atomic mass is 16.5. The second-order valence-electron chi connectivity index (χ2n) is 33.4. The van der Waals surface area contributed by atoms with Crippen molar-refractivity contribution in [2.24, 2.45) is 0 Å². The Hall–Kier alpha value is -11.8. The van der Waals surface area contributed by atoms with Gasteiger partial charge in [0.1, 0.15) is 0 Å². The first-order chi connectivity index (χ1) is 49.8. The zero-order valence-electron chi connectivity index (χ0n) is 53.4. The molecule has 3 N–H and O–H groups in total. The molecule has 2 spiro atoms. The number of amides is 3. The molecular formula is C90H36N4O7. The van der Waals surface area contributed by atoms with Crippen molar-refractivity contribution in [3.63, 3.8) is 0 Å². The van der Waals surface area contributed by atoms with E-state index in [1.165, 1.54) is 220 Å². The first kappa shape index (κ1) is 45.7. The molecule has 37 rings (SSSR count). The van der Waals surface area contributed by atoms with E-state index in [1.807, 2.05) is 4.90 Å². The zero-order chi connectivity index (χ0) is 63.9. The van der Waals surface area contributed by atoms with Gasteiger partial charge in [0.2, 0.25) is 5.91 Å². The minimum Gasteiger partial charge on any atom is -0.469 e. The molecule has 30 aromatic carbocycles. The van der Waals surface area contributed by atoms with Gasteiger partial charge in [0.15, 0.2) is 0 Å². The maximum atomic E-state index is 15.7. The summed E-state index contributed by atoms with van der Waals surface area (Å²) >= 11 is 0. The molecule has 11 nitrogen and oxygen atoms in total. The average Bonchev–Trinajstić information content (AvgIpc) is 1.38. The lowest BCUT2D eigenvalue weighted by Gasteiger charge is -2.72. The monoisotopic (exact) mass is 1280 g/mol. The van der Waals surface area contributed by atoms with Crippen LogP contribution in [0.3, 0.4) is 0 Å². The predicted octanol–water partition coefficient (Wildman–Crippen LogP) is 16.9. The van der Waals surface area contributed by atoms with E-state index in [0.29, 0.717) is 19.6 Å². The van der Waals surface area contributed by atoms with Gasteiger partial charge >= 0.3 is 23.8 Å². The standard InChI is InChI=1S/C90H36N4O7/c1-100-25(96)12-16-94(17-13-26(97)101-2)18-15-91-24(95)11-14-92-86(98)87(99)93-19-88-22-9-5-3-7-20(22)81(21-8-4-6-10-23(21)88)89-82-73-65-55-45-37-29-27-28-31-35-33(29)41-49-43(35)53-47-39(31)40-32(28)36-34-30(27)38(37)46-52-42(34)50-44(36)54-48(40)58-57(47)69-63(53)71-61(49)67(59(65)51(41)45)75(82)77(71)84-79(69)80-70(58)64(54)72-62(50)68-60(52)66(56(46)55)74(73)83(89)76(68)78(72)85(80)90(84,88)89/h3-10,81H,11-19H2,1-2H3,(H,91,95)(H,92,98)(H,93,99). The van der Waals surface area contributed by atoms with Crippen LogP contribution >= 0.6 is 0 Å². The minimum absolute atomic E-state index is 0.0516. The van der Waals surface area contributed by atoms with Crippen molar-refractivity contribution < 1.29 is 33.4 Å². The van der Waals surface area contributed by atoms with Crippen LogP contribution in [0, 0.1) is 0 Å². The van der Waals surface area contributed by atoms with Crippen LogP contribution in [0.4, 0.5) is 0 Å². The summed E-state index contributed by atoms with van der Waals surface area (Å²) in [6.45, 7) is 1.41. The third-order valence-electron chi connectivity index (χ3n) is 31.7. The Morgan fingerprint density at radius 2 is 0.604 bits per heavy atom. The van der Waals surface area contributed by atoms with Crippen molar-refractivity contribution in [3.05, 3.63) is 93.0 Å². The number of methoxy groups -OCH3 is 2. The molecule has 0 saturated carbocycles. The third kappa shape index (κ3) is 3.18. The van der Waals surface area contributed by atoms with Gasteiger partial charge in [0.25, 0.3) is 0 Å². The largest absolute Gasteiger partial charge is 0.469 e. The lowest BCUT2D eigenvalue weighted by molar-refractivity contribution is -0.141. The molecule has 11 heteroatoms. The Bertz CT molecular complexity index is 8660. The van der Waals surface area contributed by atoms with Gasteiger partial charge in [-0.2, -0.15) is 0 Å². The second kappa shape index (κ2) is 12.1. The summed E-state index contributed by atoms with van der Waals surface area (Å²) in [5, 5.41) is 92.2. The minimum atomic E-state index is -1.00. The lowest BCUT2D eigenvalue weighted by atomic mass is 9.28. The van der Waals surface area contributed by atoms with Gasteiger partial charge in [-0.25, -0.2) is 0 Å². The van der Waals surface area contributed by atoms with Crippen molar-refractivity contribution in [2.45, 2.75) is 41.4 Å². The average molecular weight is 1290 g/mol. The van der Waals surface area contributed by atoms with Crippen LogP contribution in [0.25, 0.3) is 291 Å². The molecule has 0 unspecified atom stereocenters. The highest BCUT2D eigenvalue weighted by Gasteiger charge is 2.82. The van der Waals surface area contributed by atoms with Crippen LogP contribution in [0.2, 0.25) is 0 Å². The summed E-state index contributed by atoms with van der Waals surface area (Å²) in [6.07, 6.45) is 0.211. The van der Waals surface area contributed by atoms with Crippen molar-refractivity contribution in [1.82, 2.24) is 20.9 Å². The van der Waals surface area contributed by atoms with Crippen LogP contribution in [0.1, 0.15) is 69.7 Å². The van der Waals surface area contributed by atoms with Gasteiger partial charge in [-0.3, -0.25) is 24.0 Å². The van der Waals surface area contributed by atoms with E-state index >= 15 is 4.79 Å². The lowest BCUT2D eigenvalue weighted by Crippen LogP contribution is -2.74. The number of benzene rings is 20. The Morgan fingerprint density at radius 1 is 0.327 bits per heavy atom. The topological polar surface area (TPSA) is 143 Å². The molecule has 2 bridgehead atoms.